The van der Waals surface area contributed by atoms with Gasteiger partial charge in [-0.15, -0.1) is 0 Å². The number of fused-ring (bicyclic) bond motifs is 1. The van der Waals surface area contributed by atoms with Gasteiger partial charge in [0, 0.05) is 5.39 Å². The van der Waals surface area contributed by atoms with Crippen molar-refractivity contribution in [1.82, 2.24) is 4.98 Å². The van der Waals surface area contributed by atoms with Gasteiger partial charge in [0.1, 0.15) is 5.82 Å². The van der Waals surface area contributed by atoms with Gasteiger partial charge in [-0.25, -0.2) is 9.78 Å². The first-order valence-electron chi connectivity index (χ1n) is 4.48. The van der Waals surface area contributed by atoms with E-state index in [1.807, 2.05) is 13.0 Å². The monoisotopic (exact) mass is 202 g/mol. The van der Waals surface area contributed by atoms with Crippen LogP contribution in [0.4, 0.5) is 5.82 Å². The summed E-state index contributed by atoms with van der Waals surface area (Å²) in [6.45, 7) is 1.84. The van der Waals surface area contributed by atoms with E-state index in [4.69, 9.17) is 10.8 Å². The van der Waals surface area contributed by atoms with Crippen LogP contribution in [0, 0.1) is 6.92 Å². The highest BCUT2D eigenvalue weighted by Gasteiger charge is 2.05. The van der Waals surface area contributed by atoms with Crippen molar-refractivity contribution in [2.45, 2.75) is 6.92 Å². The van der Waals surface area contributed by atoms with Gasteiger partial charge in [-0.05, 0) is 36.8 Å². The van der Waals surface area contributed by atoms with Gasteiger partial charge >= 0.3 is 5.97 Å². The van der Waals surface area contributed by atoms with Crippen molar-refractivity contribution >= 4 is 22.7 Å². The predicted molar refractivity (Wildman–Crippen MR) is 57.9 cm³/mol. The van der Waals surface area contributed by atoms with Crippen LogP contribution >= 0.6 is 0 Å². The molecular weight excluding hydrogens is 192 g/mol. The Hall–Kier alpha value is -2.10. The molecule has 0 saturated carbocycles. The van der Waals surface area contributed by atoms with E-state index in [1.54, 1.807) is 12.1 Å². The number of carbonyl (C=O) groups is 1. The molecule has 0 aliphatic heterocycles. The molecule has 0 amide bonds. The maximum atomic E-state index is 10.8. The number of aromatic nitrogens is 1. The number of nitrogen functional groups attached to an aromatic ring is 1. The van der Waals surface area contributed by atoms with Gasteiger partial charge in [0.25, 0.3) is 0 Å². The molecule has 3 N–H and O–H groups in total. The molecule has 1 heterocycles. The van der Waals surface area contributed by atoms with E-state index in [0.717, 1.165) is 10.9 Å². The fourth-order valence-corrected chi connectivity index (χ4v) is 1.43. The molecule has 76 valence electrons. The summed E-state index contributed by atoms with van der Waals surface area (Å²) < 4.78 is 0. The van der Waals surface area contributed by atoms with E-state index >= 15 is 0 Å². The molecule has 1 aromatic heterocycles. The minimum absolute atomic E-state index is 0.258. The number of carboxylic acid groups (broad SMARTS) is 1. The second kappa shape index (κ2) is 3.24. The van der Waals surface area contributed by atoms with Gasteiger partial charge in [0.2, 0.25) is 0 Å². The summed E-state index contributed by atoms with van der Waals surface area (Å²) in [5, 5.41) is 9.62. The van der Waals surface area contributed by atoms with Crippen LogP contribution in [0.15, 0.2) is 24.3 Å². The average molecular weight is 202 g/mol. The summed E-state index contributed by atoms with van der Waals surface area (Å²) in [7, 11) is 0. The summed E-state index contributed by atoms with van der Waals surface area (Å²) in [5.74, 6) is -0.461. The molecule has 0 saturated heterocycles. The van der Waals surface area contributed by atoms with E-state index in [1.165, 1.54) is 6.07 Å². The molecule has 0 unspecified atom stereocenters. The summed E-state index contributed by atoms with van der Waals surface area (Å²) in [5.41, 5.74) is 7.48. The Balaban J connectivity index is 2.72. The Morgan fingerprint density at radius 3 is 2.80 bits per heavy atom. The molecule has 4 nitrogen and oxygen atoms in total. The van der Waals surface area contributed by atoms with Gasteiger partial charge in [0.15, 0.2) is 0 Å². The highest BCUT2D eigenvalue weighted by molar-refractivity contribution is 5.93. The Labute approximate surface area is 86.4 Å². The molecule has 0 atom stereocenters. The van der Waals surface area contributed by atoms with Gasteiger partial charge in [-0.2, -0.15) is 0 Å². The summed E-state index contributed by atoms with van der Waals surface area (Å²) in [6, 6.07) is 6.61. The number of benzene rings is 1. The molecule has 0 aliphatic carbocycles. The minimum atomic E-state index is -0.939. The van der Waals surface area contributed by atoms with Crippen molar-refractivity contribution < 1.29 is 9.90 Å². The maximum Gasteiger partial charge on any atom is 0.335 e. The van der Waals surface area contributed by atoms with E-state index in [2.05, 4.69) is 4.98 Å². The molecular formula is C11H10N2O2. The normalized spacial score (nSPS) is 10.5. The fourth-order valence-electron chi connectivity index (χ4n) is 1.43. The second-order valence-corrected chi connectivity index (χ2v) is 3.40. The third-order valence-corrected chi connectivity index (χ3v) is 2.29. The molecule has 0 aliphatic rings. The number of hydrogen-bond acceptors (Lipinski definition) is 3. The van der Waals surface area contributed by atoms with E-state index in [9.17, 15) is 4.79 Å². The number of carboxylic acids is 1. The lowest BCUT2D eigenvalue weighted by Crippen LogP contribution is -1.98. The van der Waals surface area contributed by atoms with Crippen LogP contribution < -0.4 is 5.73 Å². The summed E-state index contributed by atoms with van der Waals surface area (Å²) in [6.07, 6.45) is 0. The van der Waals surface area contributed by atoms with Crippen LogP contribution in [0.25, 0.3) is 10.9 Å². The third-order valence-electron chi connectivity index (χ3n) is 2.29. The van der Waals surface area contributed by atoms with Crippen molar-refractivity contribution in [1.29, 1.82) is 0 Å². The van der Waals surface area contributed by atoms with Crippen molar-refractivity contribution in [2.75, 3.05) is 5.73 Å². The number of pyridine rings is 1. The molecule has 2 aromatic rings. The Morgan fingerprint density at radius 1 is 1.40 bits per heavy atom. The number of nitrogens with zero attached hydrogens (tertiary/aromatic N) is 1. The zero-order valence-electron chi connectivity index (χ0n) is 8.19. The van der Waals surface area contributed by atoms with Gasteiger partial charge in [0.05, 0.1) is 11.1 Å². The van der Waals surface area contributed by atoms with Crippen LogP contribution in [-0.4, -0.2) is 16.1 Å². The molecule has 2 rings (SSSR count). The molecule has 0 bridgehead atoms. The highest BCUT2D eigenvalue weighted by Crippen LogP contribution is 2.19. The van der Waals surface area contributed by atoms with Crippen molar-refractivity contribution in [3.8, 4) is 0 Å². The average Bonchev–Trinajstić information content (AvgIpc) is 2.19. The quantitative estimate of drug-likeness (QED) is 0.739. The molecule has 0 fully saturated rings. The smallest absolute Gasteiger partial charge is 0.335 e. The number of nitrogens with two attached hydrogens (primary N) is 1. The van der Waals surface area contributed by atoms with Gasteiger partial charge in [-0.1, -0.05) is 0 Å². The first kappa shape index (κ1) is 9.45. The first-order valence-corrected chi connectivity index (χ1v) is 4.48. The maximum absolute atomic E-state index is 10.8. The van der Waals surface area contributed by atoms with Crippen molar-refractivity contribution in [3.63, 3.8) is 0 Å². The Bertz CT molecular complexity index is 550. The van der Waals surface area contributed by atoms with E-state index in [0.29, 0.717) is 11.3 Å². The predicted octanol–water partition coefficient (Wildman–Crippen LogP) is 1.82. The number of aromatic carboxylic acids is 1. The summed E-state index contributed by atoms with van der Waals surface area (Å²) >= 11 is 0. The standard InChI is InChI=1S/C11H10N2O2/c1-6-4-8-5-7(11(14)15)2-3-9(8)13-10(6)12/h2-5H,1H3,(H2,12,13)(H,14,15). The largest absolute Gasteiger partial charge is 0.478 e. The lowest BCUT2D eigenvalue weighted by atomic mass is 10.1. The zero-order chi connectivity index (χ0) is 11.0. The molecule has 1 aromatic carbocycles. The molecule has 0 spiro atoms. The second-order valence-electron chi connectivity index (χ2n) is 3.40. The number of aryl methyl sites for hydroxylation is 1. The number of rotatable bonds is 1. The van der Waals surface area contributed by atoms with Crippen LogP contribution in [0.2, 0.25) is 0 Å². The van der Waals surface area contributed by atoms with E-state index in [-0.39, 0.29) is 5.56 Å². The van der Waals surface area contributed by atoms with Crippen LogP contribution in [0.3, 0.4) is 0 Å². The minimum Gasteiger partial charge on any atom is -0.478 e. The first-order chi connectivity index (χ1) is 7.08. The lowest BCUT2D eigenvalue weighted by molar-refractivity contribution is 0.0697. The lowest BCUT2D eigenvalue weighted by Gasteiger charge is -2.03. The summed E-state index contributed by atoms with van der Waals surface area (Å²) in [4.78, 5) is 14.9. The SMILES string of the molecule is Cc1cc2cc(C(=O)O)ccc2nc1N. The molecule has 0 radical (unpaired) electrons. The number of hydrogen-bond donors (Lipinski definition) is 2. The van der Waals surface area contributed by atoms with E-state index < -0.39 is 5.97 Å². The van der Waals surface area contributed by atoms with Gasteiger partial charge < -0.3 is 10.8 Å². The van der Waals surface area contributed by atoms with Crippen LogP contribution in [0.1, 0.15) is 15.9 Å². The zero-order valence-corrected chi connectivity index (χ0v) is 8.19. The number of anilines is 1. The molecule has 4 heteroatoms. The highest BCUT2D eigenvalue weighted by atomic mass is 16.4. The molecule has 15 heavy (non-hydrogen) atoms. The van der Waals surface area contributed by atoms with Crippen molar-refractivity contribution in [3.05, 3.63) is 35.4 Å². The van der Waals surface area contributed by atoms with Crippen LogP contribution in [0.5, 0.6) is 0 Å². The Morgan fingerprint density at radius 2 is 2.13 bits per heavy atom. The van der Waals surface area contributed by atoms with Crippen LogP contribution in [-0.2, 0) is 0 Å². The Kier molecular flexibility index (Phi) is 2.04. The van der Waals surface area contributed by atoms with Gasteiger partial charge in [-0.3, -0.25) is 0 Å². The third kappa shape index (κ3) is 1.61. The van der Waals surface area contributed by atoms with Crippen molar-refractivity contribution in [2.24, 2.45) is 0 Å². The topological polar surface area (TPSA) is 76.2 Å². The fraction of sp³-hybridized carbons (Fsp3) is 0.0909.